The van der Waals surface area contributed by atoms with Crippen LogP contribution in [0.4, 0.5) is 21.0 Å². The molecule has 0 aromatic heterocycles. The summed E-state index contributed by atoms with van der Waals surface area (Å²) in [4.78, 5) is 37.8. The fraction of sp³-hybridized carbons (Fsp3) is 0.438. The largest absolute Gasteiger partial charge is 0.489 e. The number of rotatable bonds is 3. The van der Waals surface area contributed by atoms with Gasteiger partial charge in [-0.05, 0) is 12.1 Å². The van der Waals surface area contributed by atoms with Gasteiger partial charge in [0.15, 0.2) is 0 Å². The van der Waals surface area contributed by atoms with Crippen LogP contribution in [0.1, 0.15) is 6.92 Å². The fourth-order valence-corrected chi connectivity index (χ4v) is 2.77. The highest BCUT2D eigenvalue weighted by atomic mass is 16.6. The normalized spacial score (nSPS) is 19.0. The summed E-state index contributed by atoms with van der Waals surface area (Å²) in [5.41, 5.74) is 1.19. The van der Waals surface area contributed by atoms with Gasteiger partial charge in [-0.2, -0.15) is 0 Å². The summed E-state index contributed by atoms with van der Waals surface area (Å²) in [7, 11) is 1.32. The number of amides is 3. The van der Waals surface area contributed by atoms with E-state index in [0.29, 0.717) is 36.8 Å². The number of nitrogens with zero attached hydrogens (tertiary/aromatic N) is 2. The van der Waals surface area contributed by atoms with E-state index in [0.717, 1.165) is 0 Å². The number of fused-ring (bicyclic) bond motifs is 1. The van der Waals surface area contributed by atoms with Crippen molar-refractivity contribution in [3.05, 3.63) is 18.2 Å². The highest BCUT2D eigenvalue weighted by Gasteiger charge is 2.33. The Morgan fingerprint density at radius 3 is 2.92 bits per heavy atom. The number of nitrogens with one attached hydrogen (secondary N) is 1. The molecule has 1 aromatic carbocycles. The van der Waals surface area contributed by atoms with Gasteiger partial charge in [-0.1, -0.05) is 0 Å². The van der Waals surface area contributed by atoms with E-state index in [4.69, 9.17) is 14.2 Å². The van der Waals surface area contributed by atoms with Gasteiger partial charge in [0.1, 0.15) is 18.5 Å². The van der Waals surface area contributed by atoms with E-state index in [1.807, 2.05) is 0 Å². The highest BCUT2D eigenvalue weighted by molar-refractivity contribution is 5.93. The first-order chi connectivity index (χ1) is 12.0. The van der Waals surface area contributed by atoms with Gasteiger partial charge >= 0.3 is 12.2 Å². The fourth-order valence-electron chi connectivity index (χ4n) is 2.77. The Hall–Kier alpha value is -2.97. The summed E-state index contributed by atoms with van der Waals surface area (Å²) in [6, 6.07) is 5.10. The smallest absolute Gasteiger partial charge is 0.414 e. The van der Waals surface area contributed by atoms with E-state index >= 15 is 0 Å². The topological polar surface area (TPSA) is 97.4 Å². The molecule has 1 atom stereocenters. The third kappa shape index (κ3) is 3.44. The number of hydrogen-bond acceptors (Lipinski definition) is 6. The molecule has 3 rings (SSSR count). The van der Waals surface area contributed by atoms with E-state index in [2.05, 4.69) is 5.32 Å². The maximum Gasteiger partial charge on any atom is 0.414 e. The quantitative estimate of drug-likeness (QED) is 0.878. The van der Waals surface area contributed by atoms with Crippen LogP contribution in [0.2, 0.25) is 0 Å². The summed E-state index contributed by atoms with van der Waals surface area (Å²) in [6.45, 7) is 2.71. The SMILES string of the molecule is COC(=O)N1CCOc2cc(N3CC(CNC(C)=O)OC3=O)ccc21. The summed E-state index contributed by atoms with van der Waals surface area (Å²) >= 11 is 0. The molecule has 1 saturated heterocycles. The molecule has 0 bridgehead atoms. The first-order valence-corrected chi connectivity index (χ1v) is 7.84. The highest BCUT2D eigenvalue weighted by Crippen LogP contribution is 2.36. The Labute approximate surface area is 144 Å². The molecule has 1 unspecified atom stereocenters. The molecule has 0 radical (unpaired) electrons. The number of carbonyl (C=O) groups is 3. The lowest BCUT2D eigenvalue weighted by Crippen LogP contribution is -2.38. The van der Waals surface area contributed by atoms with Crippen LogP contribution in [0.15, 0.2) is 18.2 Å². The molecule has 3 amide bonds. The molecular weight excluding hydrogens is 330 g/mol. The van der Waals surface area contributed by atoms with Gasteiger partial charge in [0.25, 0.3) is 0 Å². The molecule has 1 N–H and O–H groups in total. The molecule has 0 aliphatic carbocycles. The van der Waals surface area contributed by atoms with Crippen LogP contribution in [0, 0.1) is 0 Å². The van der Waals surface area contributed by atoms with Crippen molar-refractivity contribution in [1.82, 2.24) is 5.32 Å². The lowest BCUT2D eigenvalue weighted by molar-refractivity contribution is -0.119. The van der Waals surface area contributed by atoms with E-state index < -0.39 is 18.3 Å². The van der Waals surface area contributed by atoms with Gasteiger partial charge in [-0.15, -0.1) is 0 Å². The molecular formula is C16H19N3O6. The van der Waals surface area contributed by atoms with E-state index in [1.54, 1.807) is 18.2 Å². The number of cyclic esters (lactones) is 1. The van der Waals surface area contributed by atoms with Crippen molar-refractivity contribution in [2.45, 2.75) is 13.0 Å². The zero-order valence-corrected chi connectivity index (χ0v) is 14.0. The molecule has 0 saturated carbocycles. The van der Waals surface area contributed by atoms with Gasteiger partial charge in [0.2, 0.25) is 5.91 Å². The van der Waals surface area contributed by atoms with Gasteiger partial charge in [-0.3, -0.25) is 14.6 Å². The predicted molar refractivity (Wildman–Crippen MR) is 88.0 cm³/mol. The van der Waals surface area contributed by atoms with Crippen LogP contribution >= 0.6 is 0 Å². The van der Waals surface area contributed by atoms with Gasteiger partial charge in [-0.25, -0.2) is 9.59 Å². The Bertz CT molecular complexity index is 707. The number of ether oxygens (including phenoxy) is 3. The number of benzene rings is 1. The van der Waals surface area contributed by atoms with Crippen molar-refractivity contribution in [2.24, 2.45) is 0 Å². The maximum atomic E-state index is 12.1. The molecule has 2 aliphatic rings. The second-order valence-corrected chi connectivity index (χ2v) is 5.68. The molecule has 25 heavy (non-hydrogen) atoms. The lowest BCUT2D eigenvalue weighted by atomic mass is 10.2. The van der Waals surface area contributed by atoms with Gasteiger partial charge in [0, 0.05) is 13.0 Å². The summed E-state index contributed by atoms with van der Waals surface area (Å²) in [6.07, 6.45) is -1.37. The Morgan fingerprint density at radius 1 is 1.40 bits per heavy atom. The minimum atomic E-state index is -0.490. The van der Waals surface area contributed by atoms with Crippen molar-refractivity contribution in [1.29, 1.82) is 0 Å². The third-order valence-corrected chi connectivity index (χ3v) is 3.97. The van der Waals surface area contributed by atoms with Crippen LogP contribution in [-0.2, 0) is 14.3 Å². The monoisotopic (exact) mass is 349 g/mol. The Kier molecular flexibility index (Phi) is 4.64. The average molecular weight is 349 g/mol. The van der Waals surface area contributed by atoms with E-state index in [9.17, 15) is 14.4 Å². The summed E-state index contributed by atoms with van der Waals surface area (Å²) in [5, 5.41) is 2.63. The Balaban J connectivity index is 1.77. The van der Waals surface area contributed by atoms with Crippen LogP contribution < -0.4 is 19.9 Å². The predicted octanol–water partition coefficient (Wildman–Crippen LogP) is 1.11. The van der Waals surface area contributed by atoms with Crippen LogP contribution in [0.25, 0.3) is 0 Å². The Morgan fingerprint density at radius 2 is 2.20 bits per heavy atom. The number of methoxy groups -OCH3 is 1. The van der Waals surface area contributed by atoms with Crippen molar-refractivity contribution < 1.29 is 28.6 Å². The molecule has 0 spiro atoms. The minimum Gasteiger partial charge on any atom is -0.489 e. The third-order valence-electron chi connectivity index (χ3n) is 3.97. The number of hydrogen-bond donors (Lipinski definition) is 1. The number of anilines is 2. The van der Waals surface area contributed by atoms with Gasteiger partial charge in [0.05, 0.1) is 38.1 Å². The van der Waals surface area contributed by atoms with Crippen molar-refractivity contribution >= 4 is 29.5 Å². The first kappa shape index (κ1) is 16.9. The van der Waals surface area contributed by atoms with Crippen LogP contribution in [0.5, 0.6) is 5.75 Å². The zero-order valence-electron chi connectivity index (χ0n) is 14.0. The zero-order chi connectivity index (χ0) is 18.0. The molecule has 1 fully saturated rings. The minimum absolute atomic E-state index is 0.181. The molecule has 2 heterocycles. The molecule has 9 nitrogen and oxygen atoms in total. The maximum absolute atomic E-state index is 12.1. The molecule has 134 valence electrons. The summed E-state index contributed by atoms with van der Waals surface area (Å²) in [5.74, 6) is 0.312. The molecule has 1 aromatic rings. The second kappa shape index (κ2) is 6.88. The van der Waals surface area contributed by atoms with E-state index in [1.165, 1.54) is 23.8 Å². The van der Waals surface area contributed by atoms with Crippen LogP contribution in [-0.4, -0.2) is 57.5 Å². The standard InChI is InChI=1S/C16H19N3O6/c1-10(20)17-8-12-9-19(16(22)25-12)11-3-4-13-14(7-11)24-6-5-18(13)15(21)23-2/h3-4,7,12H,5-6,8-9H2,1-2H3,(H,17,20). The van der Waals surface area contributed by atoms with Crippen molar-refractivity contribution in [3.8, 4) is 5.75 Å². The van der Waals surface area contributed by atoms with Crippen molar-refractivity contribution in [3.63, 3.8) is 0 Å². The van der Waals surface area contributed by atoms with Crippen LogP contribution in [0.3, 0.4) is 0 Å². The lowest BCUT2D eigenvalue weighted by Gasteiger charge is -2.29. The van der Waals surface area contributed by atoms with Crippen molar-refractivity contribution in [2.75, 3.05) is 43.2 Å². The van der Waals surface area contributed by atoms with E-state index in [-0.39, 0.29) is 12.5 Å². The first-order valence-electron chi connectivity index (χ1n) is 7.84. The molecule has 2 aliphatic heterocycles. The van der Waals surface area contributed by atoms with Gasteiger partial charge < -0.3 is 19.5 Å². The average Bonchev–Trinajstić information content (AvgIpc) is 2.99. The molecule has 9 heteroatoms. The summed E-state index contributed by atoms with van der Waals surface area (Å²) < 4.78 is 15.6. The number of carbonyl (C=O) groups excluding carboxylic acids is 3. The second-order valence-electron chi connectivity index (χ2n) is 5.68.